The zero-order chi connectivity index (χ0) is 22.3. The molecule has 1 aromatic rings. The number of hydrogen-bond donors (Lipinski definition) is 2. The number of carbonyl (C=O) groups excluding carboxylic acids is 2. The molecule has 1 aliphatic carbocycles. The summed E-state index contributed by atoms with van der Waals surface area (Å²) < 4.78 is 32.5. The Balaban J connectivity index is 1.49. The van der Waals surface area contributed by atoms with Crippen LogP contribution in [0.15, 0.2) is 40.8 Å². The van der Waals surface area contributed by atoms with E-state index in [1.807, 2.05) is 0 Å². The van der Waals surface area contributed by atoms with Gasteiger partial charge in [0.2, 0.25) is 10.0 Å². The van der Waals surface area contributed by atoms with Gasteiger partial charge in [-0.05, 0) is 69.2 Å². The number of carbonyl (C=O) groups is 2. The van der Waals surface area contributed by atoms with E-state index >= 15 is 0 Å². The Morgan fingerprint density at radius 2 is 1.84 bits per heavy atom. The summed E-state index contributed by atoms with van der Waals surface area (Å²) in [6, 6.07) is 5.85. The molecule has 0 saturated carbocycles. The monoisotopic (exact) mass is 449 g/mol. The van der Waals surface area contributed by atoms with Crippen molar-refractivity contribution in [3.05, 3.63) is 35.9 Å². The largest absolute Gasteiger partial charge is 0.497 e. The number of amides is 2. The average molecular weight is 450 g/mol. The molecule has 1 atom stereocenters. The van der Waals surface area contributed by atoms with E-state index in [2.05, 4.69) is 16.7 Å². The highest BCUT2D eigenvalue weighted by molar-refractivity contribution is 7.89. The first kappa shape index (κ1) is 23.3. The van der Waals surface area contributed by atoms with Crippen LogP contribution in [-0.2, 0) is 19.6 Å². The second-order valence-corrected chi connectivity index (χ2v) is 9.80. The van der Waals surface area contributed by atoms with Crippen molar-refractivity contribution < 1.29 is 22.7 Å². The Labute approximate surface area is 184 Å². The van der Waals surface area contributed by atoms with Crippen LogP contribution in [0.4, 0.5) is 0 Å². The molecule has 3 rings (SSSR count). The van der Waals surface area contributed by atoms with Crippen molar-refractivity contribution in [1.29, 1.82) is 0 Å². The van der Waals surface area contributed by atoms with E-state index in [0.717, 1.165) is 19.3 Å². The molecule has 1 heterocycles. The van der Waals surface area contributed by atoms with Gasteiger partial charge < -0.3 is 15.4 Å². The first-order chi connectivity index (χ1) is 14.9. The molecule has 2 amide bonds. The first-order valence-corrected chi connectivity index (χ1v) is 12.3. The van der Waals surface area contributed by atoms with Crippen molar-refractivity contribution in [2.24, 2.45) is 0 Å². The van der Waals surface area contributed by atoms with Gasteiger partial charge in [-0.25, -0.2) is 8.42 Å². The number of ether oxygens (including phenoxy) is 1. The Kier molecular flexibility index (Phi) is 8.09. The smallest absolute Gasteiger partial charge is 0.309 e. The van der Waals surface area contributed by atoms with E-state index in [1.54, 1.807) is 12.1 Å². The molecule has 1 aromatic carbocycles. The van der Waals surface area contributed by atoms with Crippen molar-refractivity contribution in [3.63, 3.8) is 0 Å². The molecule has 2 aliphatic rings. The van der Waals surface area contributed by atoms with Crippen molar-refractivity contribution in [1.82, 2.24) is 14.9 Å². The summed E-state index contributed by atoms with van der Waals surface area (Å²) in [5.74, 6) is -0.833. The standard InChI is InChI=1S/C22H31N3O5S/c1-30-19-9-11-20(12-10-19)31(28,29)25-15-5-8-18(25)16-24-22(27)21(26)23-14-13-17-6-3-2-4-7-17/h6,9-12,18H,2-5,7-8,13-16H2,1H3,(H,23,26)(H,24,27)/t18-/m0/s1. The normalized spacial score (nSPS) is 19.5. The van der Waals surface area contributed by atoms with Gasteiger partial charge in [0, 0.05) is 25.7 Å². The maximum Gasteiger partial charge on any atom is 0.309 e. The van der Waals surface area contributed by atoms with E-state index in [4.69, 9.17) is 4.74 Å². The minimum Gasteiger partial charge on any atom is -0.497 e. The molecular formula is C22H31N3O5S. The van der Waals surface area contributed by atoms with Crippen LogP contribution in [0.2, 0.25) is 0 Å². The summed E-state index contributed by atoms with van der Waals surface area (Å²) in [6.07, 6.45) is 8.84. The summed E-state index contributed by atoms with van der Waals surface area (Å²) in [5.41, 5.74) is 1.33. The number of methoxy groups -OCH3 is 1. The summed E-state index contributed by atoms with van der Waals surface area (Å²) in [4.78, 5) is 24.4. The lowest BCUT2D eigenvalue weighted by Crippen LogP contribution is -2.47. The van der Waals surface area contributed by atoms with Crippen LogP contribution in [0.1, 0.15) is 44.9 Å². The summed E-state index contributed by atoms with van der Waals surface area (Å²) in [6.45, 7) is 0.919. The quantitative estimate of drug-likeness (QED) is 0.466. The molecule has 0 spiro atoms. The fourth-order valence-corrected chi connectivity index (χ4v) is 5.74. The number of rotatable bonds is 8. The molecule has 0 bridgehead atoms. The first-order valence-electron chi connectivity index (χ1n) is 10.8. The van der Waals surface area contributed by atoms with Crippen molar-refractivity contribution in [3.8, 4) is 5.75 Å². The molecule has 1 saturated heterocycles. The van der Waals surface area contributed by atoms with Crippen LogP contribution < -0.4 is 15.4 Å². The topological polar surface area (TPSA) is 105 Å². The lowest BCUT2D eigenvalue weighted by atomic mass is 9.97. The highest BCUT2D eigenvalue weighted by Crippen LogP contribution is 2.27. The molecule has 1 aliphatic heterocycles. The lowest BCUT2D eigenvalue weighted by molar-refractivity contribution is -0.139. The molecule has 0 radical (unpaired) electrons. The Bertz CT molecular complexity index is 912. The summed E-state index contributed by atoms with van der Waals surface area (Å²) in [5, 5.41) is 5.24. The maximum atomic E-state index is 13.0. The highest BCUT2D eigenvalue weighted by atomic mass is 32.2. The molecule has 9 heteroatoms. The van der Waals surface area contributed by atoms with Gasteiger partial charge >= 0.3 is 11.8 Å². The molecule has 8 nitrogen and oxygen atoms in total. The molecule has 1 fully saturated rings. The number of nitrogens with one attached hydrogen (secondary N) is 2. The molecular weight excluding hydrogens is 418 g/mol. The summed E-state index contributed by atoms with van der Waals surface area (Å²) in [7, 11) is -2.17. The Morgan fingerprint density at radius 3 is 2.52 bits per heavy atom. The van der Waals surface area contributed by atoms with Crippen LogP contribution in [0.3, 0.4) is 0 Å². The van der Waals surface area contributed by atoms with Gasteiger partial charge in [-0.3, -0.25) is 9.59 Å². The average Bonchev–Trinajstić information content (AvgIpc) is 3.27. The molecule has 2 N–H and O–H groups in total. The molecule has 0 unspecified atom stereocenters. The van der Waals surface area contributed by atoms with Crippen molar-refractivity contribution in [2.75, 3.05) is 26.7 Å². The van der Waals surface area contributed by atoms with Gasteiger partial charge in [-0.2, -0.15) is 4.31 Å². The summed E-state index contributed by atoms with van der Waals surface area (Å²) >= 11 is 0. The van der Waals surface area contributed by atoms with Gasteiger partial charge in [-0.15, -0.1) is 0 Å². The van der Waals surface area contributed by atoms with Crippen molar-refractivity contribution in [2.45, 2.75) is 55.9 Å². The second kappa shape index (κ2) is 10.8. The van der Waals surface area contributed by atoms with Crippen LogP contribution in [0.5, 0.6) is 5.75 Å². The fourth-order valence-electron chi connectivity index (χ4n) is 4.05. The third kappa shape index (κ3) is 6.07. The Morgan fingerprint density at radius 1 is 1.10 bits per heavy atom. The van der Waals surface area contributed by atoms with Gasteiger partial charge in [0.05, 0.1) is 12.0 Å². The third-order valence-corrected chi connectivity index (χ3v) is 7.78. The molecule has 0 aromatic heterocycles. The minimum atomic E-state index is -3.69. The van der Waals surface area contributed by atoms with Crippen molar-refractivity contribution >= 4 is 21.8 Å². The number of benzene rings is 1. The van der Waals surface area contributed by atoms with E-state index in [0.29, 0.717) is 31.7 Å². The zero-order valence-corrected chi connectivity index (χ0v) is 18.7. The fraction of sp³-hybridized carbons (Fsp3) is 0.545. The Hall–Kier alpha value is -2.39. The lowest BCUT2D eigenvalue weighted by Gasteiger charge is -2.24. The van der Waals surface area contributed by atoms with E-state index in [1.165, 1.54) is 42.0 Å². The molecule has 170 valence electrons. The van der Waals surface area contributed by atoms with Crippen LogP contribution in [0.25, 0.3) is 0 Å². The predicted molar refractivity (Wildman–Crippen MR) is 117 cm³/mol. The zero-order valence-electron chi connectivity index (χ0n) is 17.9. The maximum absolute atomic E-state index is 13.0. The number of sulfonamides is 1. The minimum absolute atomic E-state index is 0.104. The van der Waals surface area contributed by atoms with Gasteiger partial charge in [-0.1, -0.05) is 11.6 Å². The van der Waals surface area contributed by atoms with Gasteiger partial charge in [0.1, 0.15) is 5.75 Å². The molecule has 31 heavy (non-hydrogen) atoms. The van der Waals surface area contributed by atoms with Gasteiger partial charge in [0.15, 0.2) is 0 Å². The van der Waals surface area contributed by atoms with Crippen LogP contribution in [0, 0.1) is 0 Å². The number of allylic oxidation sites excluding steroid dienone is 1. The number of hydrogen-bond acceptors (Lipinski definition) is 5. The number of nitrogens with zero attached hydrogens (tertiary/aromatic N) is 1. The van der Waals surface area contributed by atoms with E-state index in [9.17, 15) is 18.0 Å². The highest BCUT2D eigenvalue weighted by Gasteiger charge is 2.35. The SMILES string of the molecule is COc1ccc(S(=O)(=O)N2CCC[C@H]2CNC(=O)C(=O)NCCC2=CCCCC2)cc1. The van der Waals surface area contributed by atoms with Crippen LogP contribution in [-0.4, -0.2) is 57.3 Å². The third-order valence-electron chi connectivity index (χ3n) is 5.81. The van der Waals surface area contributed by atoms with E-state index in [-0.39, 0.29) is 17.5 Å². The van der Waals surface area contributed by atoms with Gasteiger partial charge in [0.25, 0.3) is 0 Å². The van der Waals surface area contributed by atoms with E-state index < -0.39 is 21.8 Å². The van der Waals surface area contributed by atoms with Crippen LogP contribution >= 0.6 is 0 Å². The predicted octanol–water partition coefficient (Wildman–Crippen LogP) is 1.97. The second-order valence-electron chi connectivity index (χ2n) is 7.91.